The molecule has 1 N–H and O–H groups in total. The highest BCUT2D eigenvalue weighted by molar-refractivity contribution is 6.33. The van der Waals surface area contributed by atoms with Crippen LogP contribution in [0.15, 0.2) is 42.5 Å². The number of ether oxygens (including phenoxy) is 2. The van der Waals surface area contributed by atoms with E-state index < -0.39 is 0 Å². The summed E-state index contributed by atoms with van der Waals surface area (Å²) >= 11 is 6.05. The Kier molecular flexibility index (Phi) is 7.10. The van der Waals surface area contributed by atoms with Crippen molar-refractivity contribution in [3.63, 3.8) is 0 Å². The number of methoxy groups -OCH3 is 1. The van der Waals surface area contributed by atoms with Crippen molar-refractivity contribution in [1.82, 2.24) is 4.90 Å². The molecule has 0 saturated carbocycles. The summed E-state index contributed by atoms with van der Waals surface area (Å²) in [4.78, 5) is 14.1. The molecular weight excluding hydrogens is 340 g/mol. The van der Waals surface area contributed by atoms with Crippen molar-refractivity contribution in [3.05, 3.63) is 53.1 Å². The van der Waals surface area contributed by atoms with Gasteiger partial charge in [-0.05, 0) is 43.8 Å². The van der Waals surface area contributed by atoms with E-state index >= 15 is 0 Å². The Morgan fingerprint density at radius 3 is 2.64 bits per heavy atom. The van der Waals surface area contributed by atoms with Gasteiger partial charge in [-0.2, -0.15) is 0 Å². The van der Waals surface area contributed by atoms with Crippen LogP contribution in [-0.4, -0.2) is 38.1 Å². The number of carbonyl (C=O) groups is 1. The largest absolute Gasteiger partial charge is 0.493 e. The highest BCUT2D eigenvalue weighted by Crippen LogP contribution is 2.28. The normalized spacial score (nSPS) is 10.6. The van der Waals surface area contributed by atoms with E-state index in [1.54, 1.807) is 19.2 Å². The predicted molar refractivity (Wildman–Crippen MR) is 101 cm³/mol. The van der Waals surface area contributed by atoms with Gasteiger partial charge in [-0.25, -0.2) is 0 Å². The van der Waals surface area contributed by atoms with Crippen molar-refractivity contribution in [2.45, 2.75) is 13.5 Å². The molecule has 1 amide bonds. The van der Waals surface area contributed by atoms with Crippen LogP contribution in [-0.2, 0) is 11.3 Å². The van der Waals surface area contributed by atoms with E-state index in [0.717, 1.165) is 5.56 Å². The van der Waals surface area contributed by atoms with Gasteiger partial charge in [0, 0.05) is 6.54 Å². The van der Waals surface area contributed by atoms with Crippen LogP contribution in [0.1, 0.15) is 12.5 Å². The van der Waals surface area contributed by atoms with Gasteiger partial charge in [-0.1, -0.05) is 29.8 Å². The molecule has 134 valence electrons. The summed E-state index contributed by atoms with van der Waals surface area (Å²) in [5.74, 6) is 1.29. The lowest BCUT2D eigenvalue weighted by Crippen LogP contribution is -2.29. The molecular formula is C19H23ClN2O3. The summed E-state index contributed by atoms with van der Waals surface area (Å²) in [6.45, 7) is 3.37. The molecule has 0 unspecified atom stereocenters. The Labute approximate surface area is 153 Å². The predicted octanol–water partition coefficient (Wildman–Crippen LogP) is 3.82. The zero-order valence-electron chi connectivity index (χ0n) is 14.7. The number of likely N-dealkylation sites (N-methyl/N-ethyl adjacent to an activating group) is 1. The van der Waals surface area contributed by atoms with Crippen LogP contribution in [0.5, 0.6) is 11.5 Å². The second-order valence-electron chi connectivity index (χ2n) is 5.62. The number of rotatable bonds is 8. The van der Waals surface area contributed by atoms with E-state index in [1.165, 1.54) is 0 Å². The zero-order valence-corrected chi connectivity index (χ0v) is 15.5. The van der Waals surface area contributed by atoms with Crippen LogP contribution < -0.4 is 14.8 Å². The minimum Gasteiger partial charge on any atom is -0.493 e. The van der Waals surface area contributed by atoms with E-state index in [9.17, 15) is 4.79 Å². The van der Waals surface area contributed by atoms with Crippen molar-refractivity contribution >= 4 is 23.2 Å². The maximum absolute atomic E-state index is 12.2. The molecule has 2 rings (SSSR count). The quantitative estimate of drug-likeness (QED) is 0.775. The van der Waals surface area contributed by atoms with Crippen LogP contribution in [0.3, 0.4) is 0 Å². The Morgan fingerprint density at radius 2 is 1.96 bits per heavy atom. The number of nitrogens with one attached hydrogen (secondary N) is 1. The lowest BCUT2D eigenvalue weighted by molar-refractivity contribution is -0.117. The average molecular weight is 363 g/mol. The number of nitrogens with zero attached hydrogens (tertiary/aromatic N) is 1. The molecule has 0 aromatic heterocycles. The van der Waals surface area contributed by atoms with Gasteiger partial charge in [0.25, 0.3) is 0 Å². The summed E-state index contributed by atoms with van der Waals surface area (Å²) in [6.07, 6.45) is 0. The van der Waals surface area contributed by atoms with Crippen molar-refractivity contribution in [2.24, 2.45) is 0 Å². The Bertz CT molecular complexity index is 722. The molecule has 2 aromatic carbocycles. The summed E-state index contributed by atoms with van der Waals surface area (Å²) < 4.78 is 10.9. The van der Waals surface area contributed by atoms with Crippen LogP contribution in [0, 0.1) is 0 Å². The number of benzene rings is 2. The molecule has 0 aliphatic rings. The maximum Gasteiger partial charge on any atom is 0.238 e. The number of para-hydroxylation sites is 1. The Balaban J connectivity index is 1.94. The molecule has 0 heterocycles. The van der Waals surface area contributed by atoms with Gasteiger partial charge < -0.3 is 14.8 Å². The highest BCUT2D eigenvalue weighted by Gasteiger charge is 2.11. The van der Waals surface area contributed by atoms with Crippen LogP contribution in [0.25, 0.3) is 0 Å². The Hall–Kier alpha value is -2.24. The number of hydrogen-bond donors (Lipinski definition) is 1. The molecule has 0 aliphatic carbocycles. The first-order valence-corrected chi connectivity index (χ1v) is 8.44. The molecule has 5 nitrogen and oxygen atoms in total. The van der Waals surface area contributed by atoms with Gasteiger partial charge in [0.05, 0.1) is 31.0 Å². The van der Waals surface area contributed by atoms with Crippen molar-refractivity contribution in [3.8, 4) is 11.5 Å². The number of halogens is 1. The van der Waals surface area contributed by atoms with E-state index in [2.05, 4.69) is 5.32 Å². The van der Waals surface area contributed by atoms with E-state index in [1.807, 2.05) is 49.2 Å². The minimum atomic E-state index is -0.117. The molecule has 0 fully saturated rings. The molecule has 0 radical (unpaired) electrons. The lowest BCUT2D eigenvalue weighted by Gasteiger charge is -2.18. The van der Waals surface area contributed by atoms with Crippen LogP contribution in [0.4, 0.5) is 5.69 Å². The van der Waals surface area contributed by atoms with Crippen molar-refractivity contribution in [1.29, 1.82) is 0 Å². The maximum atomic E-state index is 12.2. The highest BCUT2D eigenvalue weighted by atomic mass is 35.5. The SMILES string of the molecule is CCOc1ccc(CN(C)CC(=O)Nc2ccccc2Cl)cc1OC. The summed E-state index contributed by atoms with van der Waals surface area (Å²) in [5.41, 5.74) is 1.65. The van der Waals surface area contributed by atoms with E-state index in [-0.39, 0.29) is 12.5 Å². The topological polar surface area (TPSA) is 50.8 Å². The Morgan fingerprint density at radius 1 is 1.20 bits per heavy atom. The van der Waals surface area contributed by atoms with Gasteiger partial charge in [0.15, 0.2) is 11.5 Å². The van der Waals surface area contributed by atoms with E-state index in [4.69, 9.17) is 21.1 Å². The van der Waals surface area contributed by atoms with E-state index in [0.29, 0.717) is 35.4 Å². The van der Waals surface area contributed by atoms with Crippen LogP contribution in [0.2, 0.25) is 5.02 Å². The molecule has 6 heteroatoms. The standard InChI is InChI=1S/C19H23ClN2O3/c1-4-25-17-10-9-14(11-18(17)24-3)12-22(2)13-19(23)21-16-8-6-5-7-15(16)20/h5-11H,4,12-13H2,1-3H3,(H,21,23). The number of carbonyl (C=O) groups excluding carboxylic acids is 1. The number of amides is 1. The molecule has 25 heavy (non-hydrogen) atoms. The summed E-state index contributed by atoms with van der Waals surface area (Å²) in [7, 11) is 3.50. The van der Waals surface area contributed by atoms with Gasteiger partial charge >= 0.3 is 0 Å². The first-order valence-electron chi connectivity index (χ1n) is 8.06. The van der Waals surface area contributed by atoms with Crippen molar-refractivity contribution < 1.29 is 14.3 Å². The summed E-state index contributed by atoms with van der Waals surface area (Å²) in [5, 5.41) is 3.34. The zero-order chi connectivity index (χ0) is 18.2. The summed E-state index contributed by atoms with van der Waals surface area (Å²) in [6, 6.07) is 12.9. The third-order valence-corrected chi connectivity index (χ3v) is 3.87. The molecule has 0 saturated heterocycles. The molecule has 0 aliphatic heterocycles. The lowest BCUT2D eigenvalue weighted by atomic mass is 10.2. The third-order valence-electron chi connectivity index (χ3n) is 3.54. The van der Waals surface area contributed by atoms with Crippen molar-refractivity contribution in [2.75, 3.05) is 32.6 Å². The van der Waals surface area contributed by atoms with Gasteiger partial charge in [0.1, 0.15) is 0 Å². The average Bonchev–Trinajstić information content (AvgIpc) is 2.58. The van der Waals surface area contributed by atoms with Gasteiger partial charge in [-0.3, -0.25) is 9.69 Å². The number of hydrogen-bond acceptors (Lipinski definition) is 4. The second kappa shape index (κ2) is 9.30. The second-order valence-corrected chi connectivity index (χ2v) is 6.03. The van der Waals surface area contributed by atoms with Crippen LogP contribution >= 0.6 is 11.6 Å². The first-order chi connectivity index (χ1) is 12.0. The third kappa shape index (κ3) is 5.66. The fourth-order valence-corrected chi connectivity index (χ4v) is 2.63. The fraction of sp³-hybridized carbons (Fsp3) is 0.316. The minimum absolute atomic E-state index is 0.117. The molecule has 0 spiro atoms. The number of anilines is 1. The van der Waals surface area contributed by atoms with Gasteiger partial charge in [-0.15, -0.1) is 0 Å². The molecule has 0 atom stereocenters. The molecule has 0 bridgehead atoms. The van der Waals surface area contributed by atoms with Gasteiger partial charge in [0.2, 0.25) is 5.91 Å². The fourth-order valence-electron chi connectivity index (χ4n) is 2.45. The monoisotopic (exact) mass is 362 g/mol. The smallest absolute Gasteiger partial charge is 0.238 e. The molecule has 2 aromatic rings. The first kappa shape index (κ1) is 19.1.